The normalized spacial score (nSPS) is 32.6. The smallest absolute Gasteiger partial charge is 0.0491 e. The monoisotopic (exact) mass is 152 g/mol. The van der Waals surface area contributed by atoms with E-state index in [1.165, 1.54) is 0 Å². The minimum Gasteiger partial charge on any atom is -0.325 e. The summed E-state index contributed by atoms with van der Waals surface area (Å²) in [5.41, 5.74) is 5.83. The maximum absolute atomic E-state index is 5.83. The lowest BCUT2D eigenvalue weighted by Crippen LogP contribution is -2.32. The van der Waals surface area contributed by atoms with Crippen LogP contribution in [0.2, 0.25) is 0 Å². The van der Waals surface area contributed by atoms with Crippen molar-refractivity contribution in [2.24, 2.45) is 11.7 Å². The molecule has 11 heavy (non-hydrogen) atoms. The van der Waals surface area contributed by atoms with Crippen molar-refractivity contribution < 1.29 is 0 Å². The molecule has 2 atom stereocenters. The van der Waals surface area contributed by atoms with Gasteiger partial charge in [-0.25, -0.2) is 0 Å². The van der Waals surface area contributed by atoms with Crippen molar-refractivity contribution in [2.45, 2.75) is 25.9 Å². The lowest BCUT2D eigenvalue weighted by molar-refractivity contribution is 0.269. The molecule has 1 aliphatic heterocycles. The Kier molecular flexibility index (Phi) is 2.53. The molecule has 1 heterocycles. The van der Waals surface area contributed by atoms with Crippen molar-refractivity contribution >= 4 is 0 Å². The SMILES string of the molecule is C#C[C@@H]1CN(C(C)C)C[C@H]1N. The van der Waals surface area contributed by atoms with E-state index < -0.39 is 0 Å². The van der Waals surface area contributed by atoms with Crippen LogP contribution in [0.15, 0.2) is 0 Å². The highest BCUT2D eigenvalue weighted by atomic mass is 15.2. The zero-order valence-corrected chi connectivity index (χ0v) is 7.25. The largest absolute Gasteiger partial charge is 0.325 e. The number of terminal acetylenes is 1. The summed E-state index contributed by atoms with van der Waals surface area (Å²) in [6.45, 7) is 6.26. The Labute approximate surface area is 68.8 Å². The van der Waals surface area contributed by atoms with Gasteiger partial charge in [-0.05, 0) is 13.8 Å². The predicted octanol–water partition coefficient (Wildman–Crippen LogP) is 0.287. The molecule has 0 amide bonds. The molecule has 1 rings (SSSR count). The summed E-state index contributed by atoms with van der Waals surface area (Å²) < 4.78 is 0. The molecule has 62 valence electrons. The first-order valence-electron chi connectivity index (χ1n) is 4.11. The Morgan fingerprint density at radius 3 is 2.45 bits per heavy atom. The molecular weight excluding hydrogens is 136 g/mol. The van der Waals surface area contributed by atoms with Crippen LogP contribution in [0.5, 0.6) is 0 Å². The molecule has 0 radical (unpaired) electrons. The van der Waals surface area contributed by atoms with E-state index in [0.717, 1.165) is 13.1 Å². The van der Waals surface area contributed by atoms with Gasteiger partial charge in [0.2, 0.25) is 0 Å². The number of rotatable bonds is 1. The average Bonchev–Trinajstić information content (AvgIpc) is 2.31. The second kappa shape index (κ2) is 3.25. The summed E-state index contributed by atoms with van der Waals surface area (Å²) in [6, 6.07) is 0.752. The Hall–Kier alpha value is -0.520. The average molecular weight is 152 g/mol. The Bertz CT molecular complexity index is 169. The van der Waals surface area contributed by atoms with Gasteiger partial charge >= 0.3 is 0 Å². The minimum atomic E-state index is 0.183. The quantitative estimate of drug-likeness (QED) is 0.547. The highest BCUT2D eigenvalue weighted by Gasteiger charge is 2.29. The molecule has 0 aliphatic carbocycles. The highest BCUT2D eigenvalue weighted by molar-refractivity contribution is 5.04. The molecule has 0 spiro atoms. The van der Waals surface area contributed by atoms with Crippen molar-refractivity contribution in [3.05, 3.63) is 0 Å². The minimum absolute atomic E-state index is 0.183. The first-order chi connectivity index (χ1) is 5.15. The Morgan fingerprint density at radius 1 is 1.55 bits per heavy atom. The summed E-state index contributed by atoms with van der Waals surface area (Å²) in [7, 11) is 0. The summed E-state index contributed by atoms with van der Waals surface area (Å²) in [4.78, 5) is 2.33. The molecule has 0 unspecified atom stereocenters. The van der Waals surface area contributed by atoms with Crippen LogP contribution in [-0.2, 0) is 0 Å². The van der Waals surface area contributed by atoms with E-state index in [-0.39, 0.29) is 12.0 Å². The third-order valence-electron chi connectivity index (χ3n) is 2.34. The second-order valence-electron chi connectivity index (χ2n) is 3.48. The molecule has 0 aromatic heterocycles. The molecular formula is C9H16N2. The number of hydrogen-bond donors (Lipinski definition) is 1. The van der Waals surface area contributed by atoms with Crippen molar-refractivity contribution in [3.8, 4) is 12.3 Å². The van der Waals surface area contributed by atoms with E-state index in [9.17, 15) is 0 Å². The maximum Gasteiger partial charge on any atom is 0.0491 e. The van der Waals surface area contributed by atoms with Gasteiger partial charge < -0.3 is 5.73 Å². The molecule has 1 saturated heterocycles. The zero-order chi connectivity index (χ0) is 8.43. The molecule has 0 bridgehead atoms. The van der Waals surface area contributed by atoms with Crippen molar-refractivity contribution in [1.82, 2.24) is 4.90 Å². The predicted molar refractivity (Wildman–Crippen MR) is 47.0 cm³/mol. The summed E-state index contributed by atoms with van der Waals surface area (Å²) >= 11 is 0. The molecule has 1 fully saturated rings. The van der Waals surface area contributed by atoms with Gasteiger partial charge in [0.15, 0.2) is 0 Å². The first kappa shape index (κ1) is 8.58. The van der Waals surface area contributed by atoms with E-state index in [1.54, 1.807) is 0 Å². The van der Waals surface area contributed by atoms with E-state index in [0.29, 0.717) is 6.04 Å². The van der Waals surface area contributed by atoms with Crippen LogP contribution in [0.4, 0.5) is 0 Å². The fourth-order valence-corrected chi connectivity index (χ4v) is 1.46. The molecule has 0 aromatic carbocycles. The third kappa shape index (κ3) is 1.74. The number of hydrogen-bond acceptors (Lipinski definition) is 2. The standard InChI is InChI=1S/C9H16N2/c1-4-8-5-11(7(2)3)6-9(8)10/h1,7-9H,5-6,10H2,2-3H3/t8-,9-/m1/s1. The molecule has 1 aliphatic rings. The van der Waals surface area contributed by atoms with Crippen LogP contribution >= 0.6 is 0 Å². The lowest BCUT2D eigenvalue weighted by atomic mass is 10.1. The van der Waals surface area contributed by atoms with Gasteiger partial charge in [0, 0.05) is 31.1 Å². The van der Waals surface area contributed by atoms with E-state index in [1.807, 2.05) is 0 Å². The van der Waals surface area contributed by atoms with Gasteiger partial charge in [-0.1, -0.05) is 0 Å². The molecule has 0 saturated carbocycles. The molecule has 2 N–H and O–H groups in total. The van der Waals surface area contributed by atoms with Gasteiger partial charge in [-0.3, -0.25) is 4.90 Å². The third-order valence-corrected chi connectivity index (χ3v) is 2.34. The van der Waals surface area contributed by atoms with Gasteiger partial charge in [0.05, 0.1) is 0 Å². The van der Waals surface area contributed by atoms with Crippen LogP contribution in [0.3, 0.4) is 0 Å². The van der Waals surface area contributed by atoms with Gasteiger partial charge in [0.1, 0.15) is 0 Å². The van der Waals surface area contributed by atoms with Gasteiger partial charge in [-0.2, -0.15) is 0 Å². The summed E-state index contributed by atoms with van der Waals surface area (Å²) in [5.74, 6) is 2.99. The summed E-state index contributed by atoms with van der Waals surface area (Å²) in [5, 5.41) is 0. The molecule has 0 aromatic rings. The van der Waals surface area contributed by atoms with Crippen molar-refractivity contribution in [1.29, 1.82) is 0 Å². The Balaban J connectivity index is 2.51. The highest BCUT2D eigenvalue weighted by Crippen LogP contribution is 2.16. The van der Waals surface area contributed by atoms with Crippen LogP contribution in [-0.4, -0.2) is 30.1 Å². The maximum atomic E-state index is 5.83. The van der Waals surface area contributed by atoms with Gasteiger partial charge in [-0.15, -0.1) is 12.3 Å². The fourth-order valence-electron chi connectivity index (χ4n) is 1.46. The van der Waals surface area contributed by atoms with E-state index >= 15 is 0 Å². The molecule has 2 heteroatoms. The van der Waals surface area contributed by atoms with E-state index in [4.69, 9.17) is 12.2 Å². The topological polar surface area (TPSA) is 29.3 Å². The lowest BCUT2D eigenvalue weighted by Gasteiger charge is -2.19. The van der Waals surface area contributed by atoms with Crippen LogP contribution < -0.4 is 5.73 Å². The summed E-state index contributed by atoms with van der Waals surface area (Å²) in [6.07, 6.45) is 5.33. The van der Waals surface area contributed by atoms with Crippen LogP contribution in [0, 0.1) is 18.3 Å². The van der Waals surface area contributed by atoms with Gasteiger partial charge in [0.25, 0.3) is 0 Å². The van der Waals surface area contributed by atoms with Crippen LogP contribution in [0.1, 0.15) is 13.8 Å². The zero-order valence-electron chi connectivity index (χ0n) is 7.25. The molecule has 2 nitrogen and oxygen atoms in total. The number of likely N-dealkylation sites (tertiary alicyclic amines) is 1. The number of nitrogens with two attached hydrogens (primary N) is 1. The first-order valence-corrected chi connectivity index (χ1v) is 4.11. The van der Waals surface area contributed by atoms with Crippen molar-refractivity contribution in [3.63, 3.8) is 0 Å². The number of nitrogens with zero attached hydrogens (tertiary/aromatic N) is 1. The van der Waals surface area contributed by atoms with Crippen LogP contribution in [0.25, 0.3) is 0 Å². The van der Waals surface area contributed by atoms with E-state index in [2.05, 4.69) is 24.7 Å². The van der Waals surface area contributed by atoms with Crippen molar-refractivity contribution in [2.75, 3.05) is 13.1 Å². The second-order valence-corrected chi connectivity index (χ2v) is 3.48. The Morgan fingerprint density at radius 2 is 2.18 bits per heavy atom. The fraction of sp³-hybridized carbons (Fsp3) is 0.778.